The van der Waals surface area contributed by atoms with Crippen LogP contribution in [0.5, 0.6) is 0 Å². The first-order valence-corrected chi connectivity index (χ1v) is 13.1. The number of ether oxygens (including phenoxy) is 1. The van der Waals surface area contributed by atoms with E-state index in [0.717, 1.165) is 32.7 Å². The zero-order valence-corrected chi connectivity index (χ0v) is 22.5. The van der Waals surface area contributed by atoms with Crippen molar-refractivity contribution < 1.29 is 14.3 Å². The van der Waals surface area contributed by atoms with Crippen molar-refractivity contribution in [2.75, 3.05) is 18.4 Å². The number of carbonyl (C=O) groups is 2. The number of hydrogen-bond donors (Lipinski definition) is 1. The van der Waals surface area contributed by atoms with Crippen molar-refractivity contribution in [2.45, 2.75) is 39.7 Å². The van der Waals surface area contributed by atoms with Gasteiger partial charge in [0, 0.05) is 49.1 Å². The van der Waals surface area contributed by atoms with E-state index in [-0.39, 0.29) is 12.0 Å². The molecule has 4 aromatic heterocycles. The Balaban J connectivity index is 1.35. The average Bonchev–Trinajstić information content (AvgIpc) is 3.29. The van der Waals surface area contributed by atoms with Gasteiger partial charge in [-0.2, -0.15) is 4.98 Å². The number of pyridine rings is 3. The van der Waals surface area contributed by atoms with E-state index >= 15 is 0 Å². The molecule has 0 atom stereocenters. The summed E-state index contributed by atoms with van der Waals surface area (Å²) in [6.07, 6.45) is 9.07. The predicted molar refractivity (Wildman–Crippen MR) is 148 cm³/mol. The van der Waals surface area contributed by atoms with Gasteiger partial charge in [0.25, 0.3) is 5.91 Å². The number of hydrogen-bond acceptors (Lipinski definition) is 8. The summed E-state index contributed by atoms with van der Waals surface area (Å²) in [6.45, 7) is 8.36. The van der Waals surface area contributed by atoms with Crippen molar-refractivity contribution in [2.24, 2.45) is 0 Å². The second-order valence-corrected chi connectivity index (χ2v) is 11.1. The highest BCUT2D eigenvalue weighted by Gasteiger charge is 2.25. The molecule has 0 fully saturated rings. The molecule has 5 rings (SSSR count). The molecule has 0 saturated heterocycles. The van der Waals surface area contributed by atoms with Gasteiger partial charge in [-0.15, -0.1) is 0 Å². The van der Waals surface area contributed by atoms with Crippen LogP contribution in [0, 0.1) is 6.92 Å². The van der Waals surface area contributed by atoms with E-state index in [1.54, 1.807) is 29.7 Å². The third-order valence-corrected chi connectivity index (χ3v) is 6.88. The average molecular weight is 529 g/mol. The van der Waals surface area contributed by atoms with Crippen molar-refractivity contribution >= 4 is 44.4 Å². The van der Waals surface area contributed by atoms with Crippen molar-refractivity contribution in [3.05, 3.63) is 71.9 Å². The minimum atomic E-state index is -0.550. The summed E-state index contributed by atoms with van der Waals surface area (Å²) in [4.78, 5) is 44.9. The smallest absolute Gasteiger partial charge is 0.410 e. The molecule has 9 nitrogen and oxygen atoms in total. The molecule has 1 N–H and O–H groups in total. The van der Waals surface area contributed by atoms with Gasteiger partial charge >= 0.3 is 6.09 Å². The summed E-state index contributed by atoms with van der Waals surface area (Å²) < 4.78 is 6.36. The van der Waals surface area contributed by atoms with Crippen molar-refractivity contribution in [1.82, 2.24) is 24.8 Å². The maximum atomic E-state index is 13.4. The third-order valence-electron chi connectivity index (χ3n) is 5.97. The van der Waals surface area contributed by atoms with Crippen molar-refractivity contribution in [1.29, 1.82) is 0 Å². The van der Waals surface area contributed by atoms with E-state index in [1.807, 2.05) is 58.0 Å². The Bertz CT molecular complexity index is 1540. The van der Waals surface area contributed by atoms with E-state index < -0.39 is 5.60 Å². The summed E-state index contributed by atoms with van der Waals surface area (Å²) in [5.41, 5.74) is 5.04. The van der Waals surface area contributed by atoms with E-state index in [0.29, 0.717) is 35.9 Å². The van der Waals surface area contributed by atoms with Crippen LogP contribution in [0.25, 0.3) is 27.0 Å². The Morgan fingerprint density at radius 1 is 1.08 bits per heavy atom. The van der Waals surface area contributed by atoms with Crippen LogP contribution in [0.15, 0.2) is 55.1 Å². The van der Waals surface area contributed by atoms with E-state index in [9.17, 15) is 9.59 Å². The summed E-state index contributed by atoms with van der Waals surface area (Å²) in [6, 6.07) is 7.76. The molecule has 1 aliphatic rings. The Morgan fingerprint density at radius 2 is 1.87 bits per heavy atom. The van der Waals surface area contributed by atoms with Crippen LogP contribution < -0.4 is 5.32 Å². The summed E-state index contributed by atoms with van der Waals surface area (Å²) >= 11 is 1.37. The largest absolute Gasteiger partial charge is 0.444 e. The quantitative estimate of drug-likeness (QED) is 0.360. The molecule has 5 heterocycles. The Hall–Kier alpha value is -4.18. The fourth-order valence-corrected chi connectivity index (χ4v) is 5.01. The predicted octanol–water partition coefficient (Wildman–Crippen LogP) is 5.73. The molecule has 4 aromatic rings. The number of rotatable bonds is 4. The first-order chi connectivity index (χ1) is 18.2. The number of anilines is 1. The van der Waals surface area contributed by atoms with Gasteiger partial charge in [-0.25, -0.2) is 9.78 Å². The molecule has 0 bridgehead atoms. The number of amides is 2. The van der Waals surface area contributed by atoms with Crippen LogP contribution in [0.4, 0.5) is 9.93 Å². The molecule has 0 radical (unpaired) electrons. The third kappa shape index (κ3) is 5.70. The Kier molecular flexibility index (Phi) is 6.90. The zero-order chi connectivity index (χ0) is 26.9. The van der Waals surface area contributed by atoms with Gasteiger partial charge in [-0.3, -0.25) is 20.1 Å². The van der Waals surface area contributed by atoms with Crippen LogP contribution in [0.3, 0.4) is 0 Å². The van der Waals surface area contributed by atoms with Crippen molar-refractivity contribution in [3.8, 4) is 11.1 Å². The van der Waals surface area contributed by atoms with Gasteiger partial charge < -0.3 is 9.64 Å². The van der Waals surface area contributed by atoms with Crippen LogP contribution >= 0.6 is 11.3 Å². The fourth-order valence-electron chi connectivity index (χ4n) is 4.15. The lowest BCUT2D eigenvalue weighted by molar-refractivity contribution is 0.0270. The lowest BCUT2D eigenvalue weighted by Gasteiger charge is -2.30. The van der Waals surface area contributed by atoms with Crippen LogP contribution in [0.1, 0.15) is 48.8 Å². The number of carbonyl (C=O) groups excluding carboxylic acids is 2. The summed E-state index contributed by atoms with van der Waals surface area (Å²) in [5.74, 6) is -0.295. The summed E-state index contributed by atoms with van der Waals surface area (Å²) in [7, 11) is 0. The molecular formula is C28H28N6O3S. The molecule has 0 unspecified atom stereocenters. The van der Waals surface area contributed by atoms with Gasteiger partial charge in [0.2, 0.25) is 0 Å². The van der Waals surface area contributed by atoms with Crippen LogP contribution in [-0.2, 0) is 4.74 Å². The van der Waals surface area contributed by atoms with Gasteiger partial charge in [-0.1, -0.05) is 17.4 Å². The lowest BCUT2D eigenvalue weighted by Crippen LogP contribution is -2.39. The van der Waals surface area contributed by atoms with Gasteiger partial charge in [0.15, 0.2) is 10.8 Å². The van der Waals surface area contributed by atoms with Crippen molar-refractivity contribution in [3.63, 3.8) is 0 Å². The standard InChI is InChI=1S/C28H28N6O3S/c1-17-13-21(19-7-11-34(12-8-19)27(36)37-28(2,3)4)22(16-30-17)25(35)33-26-32-24-23(38-26)14-20(15-31-24)18-5-9-29-10-6-18/h5-7,9-10,13-16H,8,11-12H2,1-4H3,(H,31,32,33,35). The monoisotopic (exact) mass is 528 g/mol. The lowest BCUT2D eigenvalue weighted by atomic mass is 9.95. The zero-order valence-electron chi connectivity index (χ0n) is 21.7. The Morgan fingerprint density at radius 3 is 2.58 bits per heavy atom. The molecule has 1 aliphatic heterocycles. The van der Waals surface area contributed by atoms with Gasteiger partial charge in [-0.05, 0) is 75.1 Å². The topological polar surface area (TPSA) is 110 Å². The van der Waals surface area contributed by atoms with Crippen LogP contribution in [-0.4, -0.2) is 55.5 Å². The maximum Gasteiger partial charge on any atom is 0.410 e. The van der Waals surface area contributed by atoms with E-state index in [1.165, 1.54) is 11.3 Å². The molecule has 0 aliphatic carbocycles. The highest BCUT2D eigenvalue weighted by atomic mass is 32.1. The SMILES string of the molecule is Cc1cc(C2=CCN(C(=O)OC(C)(C)C)CC2)c(C(=O)Nc2nc3ncc(-c4ccncc4)cc3s2)cn1. The van der Waals surface area contributed by atoms with E-state index in [4.69, 9.17) is 4.74 Å². The highest BCUT2D eigenvalue weighted by Crippen LogP contribution is 2.31. The number of aryl methyl sites for hydroxylation is 1. The minimum absolute atomic E-state index is 0.295. The first kappa shape index (κ1) is 25.5. The number of aromatic nitrogens is 4. The summed E-state index contributed by atoms with van der Waals surface area (Å²) in [5, 5.41) is 3.39. The maximum absolute atomic E-state index is 13.4. The number of thiazole rings is 1. The van der Waals surface area contributed by atoms with Crippen LogP contribution in [0.2, 0.25) is 0 Å². The second kappa shape index (κ2) is 10.3. The molecule has 0 aromatic carbocycles. The van der Waals surface area contributed by atoms with Gasteiger partial charge in [0.1, 0.15) is 5.60 Å². The molecule has 2 amide bonds. The minimum Gasteiger partial charge on any atom is -0.444 e. The number of nitrogens with one attached hydrogen (secondary N) is 1. The molecule has 0 saturated carbocycles. The molecule has 0 spiro atoms. The number of fused-ring (bicyclic) bond motifs is 1. The first-order valence-electron chi connectivity index (χ1n) is 12.3. The normalized spacial score (nSPS) is 13.8. The molecular weight excluding hydrogens is 500 g/mol. The second-order valence-electron chi connectivity index (χ2n) is 10.0. The molecule has 10 heteroatoms. The van der Waals surface area contributed by atoms with E-state index in [2.05, 4.69) is 25.3 Å². The molecule has 38 heavy (non-hydrogen) atoms. The molecule has 194 valence electrons. The fraction of sp³-hybridized carbons (Fsp3) is 0.286. The number of nitrogens with zero attached hydrogens (tertiary/aromatic N) is 5. The van der Waals surface area contributed by atoms with Gasteiger partial charge in [0.05, 0.1) is 10.3 Å². The Labute approximate surface area is 224 Å². The highest BCUT2D eigenvalue weighted by molar-refractivity contribution is 7.22.